The molecule has 1 heterocycles. The first-order valence-electron chi connectivity index (χ1n) is 7.94. The predicted molar refractivity (Wildman–Crippen MR) is 86.8 cm³/mol. The fraction of sp³-hybridized carbons (Fsp3) is 0.706. The monoisotopic (exact) mass is 277 g/mol. The van der Waals surface area contributed by atoms with Gasteiger partial charge in [-0.3, -0.25) is 9.88 Å². The highest BCUT2D eigenvalue weighted by atomic mass is 15.2. The molecule has 0 fully saturated rings. The van der Waals surface area contributed by atoms with Gasteiger partial charge in [0.05, 0.1) is 5.69 Å². The molecule has 0 saturated carbocycles. The van der Waals surface area contributed by atoms with Gasteiger partial charge in [-0.1, -0.05) is 33.8 Å². The molecule has 0 spiro atoms. The highest BCUT2D eigenvalue weighted by Gasteiger charge is 2.15. The molecular weight excluding hydrogens is 246 g/mol. The highest BCUT2D eigenvalue weighted by molar-refractivity contribution is 5.09. The average molecular weight is 277 g/mol. The van der Waals surface area contributed by atoms with Crippen LogP contribution in [0.3, 0.4) is 0 Å². The Morgan fingerprint density at radius 2 is 1.95 bits per heavy atom. The molecule has 1 N–H and O–H groups in total. The van der Waals surface area contributed by atoms with Gasteiger partial charge in [0.25, 0.3) is 0 Å². The Labute approximate surface area is 124 Å². The fourth-order valence-corrected chi connectivity index (χ4v) is 2.46. The maximum absolute atomic E-state index is 4.62. The SMILES string of the molecule is CCC(CNCC(C)C)N(CC)Cc1cccc(C)n1. The number of nitrogens with zero attached hydrogens (tertiary/aromatic N) is 2. The number of hydrogen-bond acceptors (Lipinski definition) is 3. The van der Waals surface area contributed by atoms with E-state index in [0.717, 1.165) is 31.9 Å². The minimum atomic E-state index is 0.584. The zero-order chi connectivity index (χ0) is 15.0. The third-order valence-corrected chi connectivity index (χ3v) is 3.64. The van der Waals surface area contributed by atoms with Gasteiger partial charge >= 0.3 is 0 Å². The molecule has 1 unspecified atom stereocenters. The summed E-state index contributed by atoms with van der Waals surface area (Å²) in [5.41, 5.74) is 2.28. The molecule has 0 aliphatic carbocycles. The van der Waals surface area contributed by atoms with Crippen LogP contribution < -0.4 is 5.32 Å². The average Bonchev–Trinajstić information content (AvgIpc) is 2.41. The van der Waals surface area contributed by atoms with Crippen LogP contribution in [-0.2, 0) is 6.54 Å². The van der Waals surface area contributed by atoms with Crippen molar-refractivity contribution in [2.75, 3.05) is 19.6 Å². The van der Waals surface area contributed by atoms with E-state index in [1.54, 1.807) is 0 Å². The fourth-order valence-electron chi connectivity index (χ4n) is 2.46. The van der Waals surface area contributed by atoms with Crippen molar-refractivity contribution in [3.63, 3.8) is 0 Å². The lowest BCUT2D eigenvalue weighted by molar-refractivity contribution is 0.184. The molecule has 1 aromatic rings. The normalized spacial score (nSPS) is 13.2. The molecule has 0 aliphatic rings. The summed E-state index contributed by atoms with van der Waals surface area (Å²) in [6.45, 7) is 15.2. The van der Waals surface area contributed by atoms with Gasteiger partial charge in [-0.05, 0) is 44.5 Å². The lowest BCUT2D eigenvalue weighted by Gasteiger charge is -2.30. The topological polar surface area (TPSA) is 28.2 Å². The number of pyridine rings is 1. The Balaban J connectivity index is 2.57. The predicted octanol–water partition coefficient (Wildman–Crippen LogP) is 3.24. The molecule has 114 valence electrons. The molecule has 1 rings (SSSR count). The van der Waals surface area contributed by atoms with Gasteiger partial charge in [-0.25, -0.2) is 0 Å². The number of aryl methyl sites for hydroxylation is 1. The summed E-state index contributed by atoms with van der Waals surface area (Å²) in [6, 6.07) is 6.87. The summed E-state index contributed by atoms with van der Waals surface area (Å²) in [4.78, 5) is 7.15. The first kappa shape index (κ1) is 17.1. The summed E-state index contributed by atoms with van der Waals surface area (Å²) in [7, 11) is 0. The number of likely N-dealkylation sites (N-methyl/N-ethyl adjacent to an activating group) is 1. The molecule has 0 aromatic carbocycles. The van der Waals surface area contributed by atoms with Crippen molar-refractivity contribution >= 4 is 0 Å². The van der Waals surface area contributed by atoms with Gasteiger partial charge < -0.3 is 5.32 Å². The van der Waals surface area contributed by atoms with Gasteiger partial charge in [0.1, 0.15) is 0 Å². The van der Waals surface area contributed by atoms with E-state index >= 15 is 0 Å². The van der Waals surface area contributed by atoms with Crippen molar-refractivity contribution in [1.29, 1.82) is 0 Å². The zero-order valence-electron chi connectivity index (χ0n) is 13.8. The van der Waals surface area contributed by atoms with E-state index in [4.69, 9.17) is 0 Å². The van der Waals surface area contributed by atoms with Crippen molar-refractivity contribution in [2.45, 2.75) is 53.6 Å². The second-order valence-electron chi connectivity index (χ2n) is 5.95. The maximum Gasteiger partial charge on any atom is 0.0547 e. The smallest absolute Gasteiger partial charge is 0.0547 e. The summed E-state index contributed by atoms with van der Waals surface area (Å²) in [6.07, 6.45) is 1.17. The Hall–Kier alpha value is -0.930. The Kier molecular flexibility index (Phi) is 7.78. The molecule has 1 atom stereocenters. The largest absolute Gasteiger partial charge is 0.315 e. The quantitative estimate of drug-likeness (QED) is 0.751. The van der Waals surface area contributed by atoms with Crippen LogP contribution in [0.25, 0.3) is 0 Å². The number of aromatic nitrogens is 1. The number of nitrogens with one attached hydrogen (secondary N) is 1. The minimum Gasteiger partial charge on any atom is -0.315 e. The van der Waals surface area contributed by atoms with E-state index in [-0.39, 0.29) is 0 Å². The molecule has 20 heavy (non-hydrogen) atoms. The van der Waals surface area contributed by atoms with Crippen LogP contribution in [0, 0.1) is 12.8 Å². The lowest BCUT2D eigenvalue weighted by Crippen LogP contribution is -2.42. The second kappa shape index (κ2) is 9.09. The summed E-state index contributed by atoms with van der Waals surface area (Å²) in [5, 5.41) is 3.59. The first-order valence-corrected chi connectivity index (χ1v) is 7.94. The van der Waals surface area contributed by atoms with Crippen LogP contribution in [0.5, 0.6) is 0 Å². The molecule has 3 nitrogen and oxygen atoms in total. The highest BCUT2D eigenvalue weighted by Crippen LogP contribution is 2.09. The van der Waals surface area contributed by atoms with E-state index < -0.39 is 0 Å². The molecule has 0 bridgehead atoms. The lowest BCUT2D eigenvalue weighted by atomic mass is 10.1. The van der Waals surface area contributed by atoms with Crippen molar-refractivity contribution in [3.05, 3.63) is 29.6 Å². The van der Waals surface area contributed by atoms with E-state index in [1.165, 1.54) is 12.1 Å². The van der Waals surface area contributed by atoms with Crippen LogP contribution >= 0.6 is 0 Å². The Morgan fingerprint density at radius 3 is 2.50 bits per heavy atom. The molecule has 0 radical (unpaired) electrons. The maximum atomic E-state index is 4.62. The second-order valence-corrected chi connectivity index (χ2v) is 5.95. The molecule has 0 amide bonds. The molecule has 1 aromatic heterocycles. The van der Waals surface area contributed by atoms with Crippen LogP contribution in [0.1, 0.15) is 45.5 Å². The summed E-state index contributed by atoms with van der Waals surface area (Å²) >= 11 is 0. The van der Waals surface area contributed by atoms with Gasteiger partial charge in [-0.2, -0.15) is 0 Å². The van der Waals surface area contributed by atoms with E-state index in [1.807, 2.05) is 0 Å². The van der Waals surface area contributed by atoms with Gasteiger partial charge in [-0.15, -0.1) is 0 Å². The van der Waals surface area contributed by atoms with Crippen LogP contribution in [0.4, 0.5) is 0 Å². The van der Waals surface area contributed by atoms with Crippen molar-refractivity contribution in [2.24, 2.45) is 5.92 Å². The third-order valence-electron chi connectivity index (χ3n) is 3.64. The van der Waals surface area contributed by atoms with Crippen LogP contribution in [0.15, 0.2) is 18.2 Å². The van der Waals surface area contributed by atoms with Gasteiger partial charge in [0.15, 0.2) is 0 Å². The number of hydrogen-bond donors (Lipinski definition) is 1. The van der Waals surface area contributed by atoms with Gasteiger partial charge in [0.2, 0.25) is 0 Å². The number of rotatable bonds is 9. The van der Waals surface area contributed by atoms with Crippen LogP contribution in [-0.4, -0.2) is 35.6 Å². The third kappa shape index (κ3) is 6.02. The van der Waals surface area contributed by atoms with Crippen molar-refractivity contribution < 1.29 is 0 Å². The Morgan fingerprint density at radius 1 is 1.20 bits per heavy atom. The molecule has 3 heteroatoms. The van der Waals surface area contributed by atoms with Gasteiger partial charge in [0, 0.05) is 24.8 Å². The van der Waals surface area contributed by atoms with E-state index in [9.17, 15) is 0 Å². The van der Waals surface area contributed by atoms with Crippen molar-refractivity contribution in [1.82, 2.24) is 15.2 Å². The van der Waals surface area contributed by atoms with E-state index in [2.05, 4.69) is 68.0 Å². The molecule has 0 saturated heterocycles. The summed E-state index contributed by atoms with van der Waals surface area (Å²) < 4.78 is 0. The van der Waals surface area contributed by atoms with Crippen molar-refractivity contribution in [3.8, 4) is 0 Å². The summed E-state index contributed by atoms with van der Waals surface area (Å²) in [5.74, 6) is 0.709. The molecular formula is C17H31N3. The Bertz CT molecular complexity index is 376. The molecule has 0 aliphatic heterocycles. The minimum absolute atomic E-state index is 0.584. The standard InChI is InChI=1S/C17H31N3/c1-6-17(12-18-11-14(3)4)20(7-2)13-16-10-8-9-15(5)19-16/h8-10,14,17-18H,6-7,11-13H2,1-5H3. The zero-order valence-corrected chi connectivity index (χ0v) is 13.8. The van der Waals surface area contributed by atoms with Crippen LogP contribution in [0.2, 0.25) is 0 Å². The first-order chi connectivity index (χ1) is 9.56. The van der Waals surface area contributed by atoms with E-state index in [0.29, 0.717) is 12.0 Å².